The van der Waals surface area contributed by atoms with E-state index in [2.05, 4.69) is 4.74 Å². The maximum atomic E-state index is 11.9. The van der Waals surface area contributed by atoms with E-state index in [0.717, 1.165) is 18.4 Å². The van der Waals surface area contributed by atoms with Crippen LogP contribution in [-0.2, 0) is 14.8 Å². The highest BCUT2D eigenvalue weighted by Gasteiger charge is 2.35. The molecule has 0 unspecified atom stereocenters. The maximum absolute atomic E-state index is 11.9. The first kappa shape index (κ1) is 15.6. The Morgan fingerprint density at radius 2 is 1.95 bits per heavy atom. The number of alkyl halides is 3. The summed E-state index contributed by atoms with van der Waals surface area (Å²) in [7, 11) is -3.77. The number of nitrogens with one attached hydrogen (secondary N) is 1. The zero-order chi connectivity index (χ0) is 14.8. The monoisotopic (exact) mass is 317 g/mol. The van der Waals surface area contributed by atoms with Crippen LogP contribution in [-0.4, -0.2) is 27.0 Å². The predicted molar refractivity (Wildman–Crippen MR) is 61.4 cm³/mol. The lowest BCUT2D eigenvalue weighted by Crippen LogP contribution is -2.21. The van der Waals surface area contributed by atoms with Crippen LogP contribution in [0.3, 0.4) is 0 Å². The van der Waals surface area contributed by atoms with Crippen LogP contribution in [0, 0.1) is 0 Å². The first-order chi connectivity index (χ1) is 8.48. The van der Waals surface area contributed by atoms with Crippen LogP contribution in [0.25, 0.3) is 0 Å². The molecule has 0 amide bonds. The van der Waals surface area contributed by atoms with Crippen molar-refractivity contribution in [2.24, 2.45) is 0 Å². The summed E-state index contributed by atoms with van der Waals surface area (Å²) in [6.45, 7) is 0. The van der Waals surface area contributed by atoms with Gasteiger partial charge >= 0.3 is 12.3 Å². The van der Waals surface area contributed by atoms with Crippen LogP contribution in [0.15, 0.2) is 18.2 Å². The van der Waals surface area contributed by atoms with Gasteiger partial charge in [-0.1, -0.05) is 11.6 Å². The van der Waals surface area contributed by atoms with Gasteiger partial charge in [-0.15, -0.1) is 13.2 Å². The number of carbonyl (C=O) groups excluding carboxylic acids is 1. The minimum atomic E-state index is -5.18. The number of anilines is 1. The molecule has 1 aromatic carbocycles. The summed E-state index contributed by atoms with van der Waals surface area (Å²) in [5, 5.41) is -0.0480. The molecule has 0 aliphatic rings. The van der Waals surface area contributed by atoms with Gasteiger partial charge in [0.1, 0.15) is 0 Å². The van der Waals surface area contributed by atoms with Crippen LogP contribution in [0.1, 0.15) is 10.4 Å². The third-order valence-corrected chi connectivity index (χ3v) is 2.53. The van der Waals surface area contributed by atoms with Crippen molar-refractivity contribution < 1.29 is 31.1 Å². The number of hydrogen-bond acceptors (Lipinski definition) is 4. The second-order valence-corrected chi connectivity index (χ2v) is 5.58. The molecule has 10 heteroatoms. The molecule has 0 aliphatic heterocycles. The number of hydrogen-bond donors (Lipinski definition) is 1. The molecule has 0 fully saturated rings. The second-order valence-electron chi connectivity index (χ2n) is 3.40. The molecule has 0 aromatic heterocycles. The highest BCUT2D eigenvalue weighted by Crippen LogP contribution is 2.25. The average Bonchev–Trinajstić information content (AvgIpc) is 2.16. The molecule has 0 aliphatic carbocycles. The third kappa shape index (κ3) is 5.35. The molecule has 1 N–H and O–H groups in total. The van der Waals surface area contributed by atoms with Crippen molar-refractivity contribution in [1.82, 2.24) is 0 Å². The van der Waals surface area contributed by atoms with Crippen molar-refractivity contribution in [3.8, 4) is 0 Å². The largest absolute Gasteiger partial charge is 0.575 e. The van der Waals surface area contributed by atoms with Gasteiger partial charge in [-0.05, 0) is 18.2 Å². The number of sulfonamides is 1. The van der Waals surface area contributed by atoms with Gasteiger partial charge in [-0.3, -0.25) is 4.72 Å². The maximum Gasteiger partial charge on any atom is 0.575 e. The molecule has 0 spiro atoms. The first-order valence-corrected chi connectivity index (χ1v) is 6.82. The van der Waals surface area contributed by atoms with Crippen molar-refractivity contribution in [3.63, 3.8) is 0 Å². The quantitative estimate of drug-likeness (QED) is 0.869. The Morgan fingerprint density at radius 3 is 2.42 bits per heavy atom. The van der Waals surface area contributed by atoms with Gasteiger partial charge in [0, 0.05) is 5.02 Å². The standard InChI is InChI=1S/C9H7ClF3NO4S/c1-19(16,17)14-7-3-2-5(10)4-6(7)8(15)18-9(11,12)13/h2-4,14H,1H3. The van der Waals surface area contributed by atoms with E-state index < -0.39 is 27.9 Å². The zero-order valence-corrected chi connectivity index (χ0v) is 10.9. The van der Waals surface area contributed by atoms with Crippen LogP contribution in [0.4, 0.5) is 18.9 Å². The third-order valence-electron chi connectivity index (χ3n) is 1.71. The van der Waals surface area contributed by atoms with Gasteiger partial charge in [0.2, 0.25) is 10.0 Å². The number of halogens is 4. The van der Waals surface area contributed by atoms with E-state index in [1.165, 1.54) is 6.07 Å². The molecule has 5 nitrogen and oxygen atoms in total. The van der Waals surface area contributed by atoms with Gasteiger partial charge in [0.25, 0.3) is 0 Å². The smallest absolute Gasteiger partial charge is 0.369 e. The van der Waals surface area contributed by atoms with E-state index in [4.69, 9.17) is 11.6 Å². The molecule has 0 bridgehead atoms. The zero-order valence-electron chi connectivity index (χ0n) is 9.29. The molecule has 0 saturated heterocycles. The molecule has 106 valence electrons. The summed E-state index contributed by atoms with van der Waals surface area (Å²) >= 11 is 5.54. The molecule has 0 radical (unpaired) electrons. The lowest BCUT2D eigenvalue weighted by Gasteiger charge is -2.12. The van der Waals surface area contributed by atoms with E-state index in [0.29, 0.717) is 0 Å². The highest BCUT2D eigenvalue weighted by molar-refractivity contribution is 7.92. The Labute approximate surface area is 111 Å². The summed E-state index contributed by atoms with van der Waals surface area (Å²) in [5.74, 6) is -1.76. The number of carbonyl (C=O) groups is 1. The minimum absolute atomic E-state index is 0.0480. The van der Waals surface area contributed by atoms with Crippen molar-refractivity contribution in [2.75, 3.05) is 11.0 Å². The van der Waals surface area contributed by atoms with Crippen molar-refractivity contribution in [2.45, 2.75) is 6.36 Å². The Morgan fingerprint density at radius 1 is 1.37 bits per heavy atom. The number of rotatable bonds is 3. The van der Waals surface area contributed by atoms with Crippen LogP contribution in [0.5, 0.6) is 0 Å². The summed E-state index contributed by atoms with van der Waals surface area (Å²) in [6, 6.07) is 3.12. The Bertz CT molecular complexity index is 600. The van der Waals surface area contributed by atoms with Crippen molar-refractivity contribution >= 4 is 33.3 Å². The van der Waals surface area contributed by atoms with Gasteiger partial charge in [-0.25, -0.2) is 13.2 Å². The van der Waals surface area contributed by atoms with Gasteiger partial charge in [0.05, 0.1) is 17.5 Å². The van der Waals surface area contributed by atoms with Gasteiger partial charge in [0.15, 0.2) is 0 Å². The number of benzene rings is 1. The Balaban J connectivity index is 3.18. The topological polar surface area (TPSA) is 72.5 Å². The van der Waals surface area contributed by atoms with E-state index in [9.17, 15) is 26.4 Å². The van der Waals surface area contributed by atoms with Crippen LogP contribution in [0.2, 0.25) is 5.02 Å². The van der Waals surface area contributed by atoms with Crippen molar-refractivity contribution in [3.05, 3.63) is 28.8 Å². The summed E-state index contributed by atoms with van der Waals surface area (Å²) in [5.41, 5.74) is -1.00. The molecule has 0 saturated carbocycles. The fraction of sp³-hybridized carbons (Fsp3) is 0.222. The first-order valence-electron chi connectivity index (χ1n) is 4.55. The normalized spacial score (nSPS) is 12.1. The number of ether oxygens (including phenoxy) is 1. The van der Waals surface area contributed by atoms with Crippen molar-refractivity contribution in [1.29, 1.82) is 0 Å². The molecule has 0 heterocycles. The van der Waals surface area contributed by atoms with E-state index >= 15 is 0 Å². The highest BCUT2D eigenvalue weighted by atomic mass is 35.5. The predicted octanol–water partition coefficient (Wildman–Crippen LogP) is 2.39. The van der Waals surface area contributed by atoms with Crippen LogP contribution < -0.4 is 4.72 Å². The molecule has 19 heavy (non-hydrogen) atoms. The van der Waals surface area contributed by atoms with E-state index in [1.807, 2.05) is 4.72 Å². The summed E-state index contributed by atoms with van der Waals surface area (Å²) < 4.78 is 63.0. The van der Waals surface area contributed by atoms with Gasteiger partial charge < -0.3 is 4.74 Å². The van der Waals surface area contributed by atoms with E-state index in [-0.39, 0.29) is 10.7 Å². The summed E-state index contributed by atoms with van der Waals surface area (Å²) in [6.07, 6.45) is -4.40. The van der Waals surface area contributed by atoms with Crippen LogP contribution >= 0.6 is 11.6 Å². The molecule has 1 rings (SSSR count). The lowest BCUT2D eigenvalue weighted by atomic mass is 10.2. The molecule has 1 aromatic rings. The molecular formula is C9H7ClF3NO4S. The Hall–Kier alpha value is -1.48. The Kier molecular flexibility index (Phi) is 4.31. The number of esters is 1. The SMILES string of the molecule is CS(=O)(=O)Nc1ccc(Cl)cc1C(=O)OC(F)(F)F. The molecular weight excluding hydrogens is 311 g/mol. The van der Waals surface area contributed by atoms with Gasteiger partial charge in [-0.2, -0.15) is 0 Å². The van der Waals surface area contributed by atoms with E-state index in [1.54, 1.807) is 0 Å². The fourth-order valence-electron chi connectivity index (χ4n) is 1.13. The minimum Gasteiger partial charge on any atom is -0.369 e. The fourth-order valence-corrected chi connectivity index (χ4v) is 1.88. The summed E-state index contributed by atoms with van der Waals surface area (Å²) in [4.78, 5) is 11.3. The second kappa shape index (κ2) is 5.25. The molecule has 0 atom stereocenters. The lowest BCUT2D eigenvalue weighted by molar-refractivity contribution is -0.291. The average molecular weight is 318 g/mol.